The van der Waals surface area contributed by atoms with Gasteiger partial charge in [-0.1, -0.05) is 18.2 Å². The predicted octanol–water partition coefficient (Wildman–Crippen LogP) is 1.85. The van der Waals surface area contributed by atoms with Crippen LogP contribution in [0, 0.1) is 11.3 Å². The van der Waals surface area contributed by atoms with Gasteiger partial charge in [0.15, 0.2) is 0 Å². The Bertz CT molecular complexity index is 788. The van der Waals surface area contributed by atoms with Crippen LogP contribution in [-0.4, -0.2) is 42.9 Å². The number of anilines is 2. The minimum Gasteiger partial charge on any atom is -0.368 e. The van der Waals surface area contributed by atoms with Crippen molar-refractivity contribution in [1.29, 1.82) is 5.26 Å². The number of hydrogen-bond donors (Lipinski definition) is 1. The van der Waals surface area contributed by atoms with Crippen LogP contribution in [0.2, 0.25) is 0 Å². The molecule has 1 saturated heterocycles. The Labute approximate surface area is 146 Å². The molecule has 0 aromatic heterocycles. The molecule has 1 aliphatic rings. The van der Waals surface area contributed by atoms with Crippen LogP contribution >= 0.6 is 0 Å². The maximum Gasteiger partial charge on any atom is 0.313 e. The fourth-order valence-corrected chi connectivity index (χ4v) is 2.76. The van der Waals surface area contributed by atoms with Crippen molar-refractivity contribution in [2.75, 3.05) is 36.4 Å². The van der Waals surface area contributed by atoms with Gasteiger partial charge in [-0.15, -0.1) is 0 Å². The van der Waals surface area contributed by atoms with Crippen LogP contribution in [0.1, 0.15) is 5.56 Å². The molecule has 2 aromatic rings. The quantitative estimate of drug-likeness (QED) is 0.850. The standard InChI is InChI=1S/C19H18N4O2/c20-14-15-6-8-16(9-7-15)21-18(24)19(25)23-12-10-22(11-13-23)17-4-2-1-3-5-17/h1-9H,10-13H2,(H,21,24). The third-order valence-corrected chi connectivity index (χ3v) is 4.15. The zero-order valence-electron chi connectivity index (χ0n) is 13.7. The SMILES string of the molecule is N#Cc1ccc(NC(=O)C(=O)N2CCN(c3ccccc3)CC2)cc1. The van der Waals surface area contributed by atoms with Gasteiger partial charge in [-0.25, -0.2) is 0 Å². The van der Waals surface area contributed by atoms with E-state index in [1.54, 1.807) is 29.2 Å². The van der Waals surface area contributed by atoms with Gasteiger partial charge < -0.3 is 15.1 Å². The highest BCUT2D eigenvalue weighted by Gasteiger charge is 2.26. The zero-order chi connectivity index (χ0) is 17.6. The maximum absolute atomic E-state index is 12.3. The Morgan fingerprint density at radius 3 is 2.16 bits per heavy atom. The summed E-state index contributed by atoms with van der Waals surface area (Å²) in [6.07, 6.45) is 0. The minimum atomic E-state index is -0.655. The molecule has 6 heteroatoms. The summed E-state index contributed by atoms with van der Waals surface area (Å²) in [4.78, 5) is 28.2. The first-order valence-corrected chi connectivity index (χ1v) is 8.08. The second-order valence-corrected chi connectivity index (χ2v) is 5.76. The molecule has 2 aromatic carbocycles. The number of hydrogen-bond acceptors (Lipinski definition) is 4. The van der Waals surface area contributed by atoms with Crippen molar-refractivity contribution in [2.24, 2.45) is 0 Å². The Morgan fingerprint density at radius 2 is 1.56 bits per heavy atom. The molecular weight excluding hydrogens is 316 g/mol. The smallest absolute Gasteiger partial charge is 0.313 e. The van der Waals surface area contributed by atoms with Gasteiger partial charge in [-0.05, 0) is 36.4 Å². The van der Waals surface area contributed by atoms with E-state index in [1.165, 1.54) is 0 Å². The number of nitriles is 1. The number of rotatable bonds is 2. The Morgan fingerprint density at radius 1 is 0.920 bits per heavy atom. The van der Waals surface area contributed by atoms with Crippen LogP contribution in [0.3, 0.4) is 0 Å². The van der Waals surface area contributed by atoms with Crippen molar-refractivity contribution >= 4 is 23.2 Å². The highest BCUT2D eigenvalue weighted by molar-refractivity contribution is 6.39. The molecule has 1 heterocycles. The van der Waals surface area contributed by atoms with Crippen LogP contribution in [0.5, 0.6) is 0 Å². The van der Waals surface area contributed by atoms with Gasteiger partial charge in [0.1, 0.15) is 0 Å². The lowest BCUT2D eigenvalue weighted by Gasteiger charge is -2.35. The fourth-order valence-electron chi connectivity index (χ4n) is 2.76. The largest absolute Gasteiger partial charge is 0.368 e. The average Bonchev–Trinajstić information content (AvgIpc) is 2.69. The number of carbonyl (C=O) groups is 2. The van der Waals surface area contributed by atoms with Crippen molar-refractivity contribution in [3.8, 4) is 6.07 Å². The van der Waals surface area contributed by atoms with Crippen LogP contribution in [0.4, 0.5) is 11.4 Å². The molecule has 3 rings (SSSR count). The monoisotopic (exact) mass is 334 g/mol. The molecular formula is C19H18N4O2. The third-order valence-electron chi connectivity index (χ3n) is 4.15. The molecule has 1 fully saturated rings. The topological polar surface area (TPSA) is 76.4 Å². The van der Waals surface area contributed by atoms with Gasteiger partial charge in [0, 0.05) is 37.6 Å². The van der Waals surface area contributed by atoms with E-state index >= 15 is 0 Å². The third kappa shape index (κ3) is 3.96. The van der Waals surface area contributed by atoms with E-state index in [9.17, 15) is 9.59 Å². The van der Waals surface area contributed by atoms with Crippen LogP contribution < -0.4 is 10.2 Å². The first-order chi connectivity index (χ1) is 12.2. The zero-order valence-corrected chi connectivity index (χ0v) is 13.7. The number of amides is 2. The van der Waals surface area contributed by atoms with E-state index in [4.69, 9.17) is 5.26 Å². The molecule has 1 N–H and O–H groups in total. The van der Waals surface area contributed by atoms with Gasteiger partial charge >= 0.3 is 11.8 Å². The van der Waals surface area contributed by atoms with Crippen molar-refractivity contribution in [3.63, 3.8) is 0 Å². The molecule has 0 atom stereocenters. The molecule has 25 heavy (non-hydrogen) atoms. The van der Waals surface area contributed by atoms with E-state index in [0.29, 0.717) is 37.4 Å². The summed E-state index contributed by atoms with van der Waals surface area (Å²) in [5.41, 5.74) is 2.12. The molecule has 6 nitrogen and oxygen atoms in total. The molecule has 0 saturated carbocycles. The second kappa shape index (κ2) is 7.49. The molecule has 0 bridgehead atoms. The summed E-state index contributed by atoms with van der Waals surface area (Å²) >= 11 is 0. The van der Waals surface area contributed by atoms with Gasteiger partial charge in [-0.3, -0.25) is 9.59 Å². The number of carbonyl (C=O) groups excluding carboxylic acids is 2. The lowest BCUT2D eigenvalue weighted by molar-refractivity contribution is -0.143. The molecule has 126 valence electrons. The summed E-state index contributed by atoms with van der Waals surface area (Å²) in [5, 5.41) is 11.4. The summed E-state index contributed by atoms with van der Waals surface area (Å²) < 4.78 is 0. The molecule has 1 aliphatic heterocycles. The van der Waals surface area contributed by atoms with Crippen molar-refractivity contribution in [1.82, 2.24) is 4.90 Å². The molecule has 0 unspecified atom stereocenters. The maximum atomic E-state index is 12.3. The Kier molecular flexibility index (Phi) is 4.95. The number of nitrogens with one attached hydrogen (secondary N) is 1. The van der Waals surface area contributed by atoms with Gasteiger partial charge in [0.25, 0.3) is 0 Å². The second-order valence-electron chi connectivity index (χ2n) is 5.76. The number of piperazine rings is 1. The predicted molar refractivity (Wildman–Crippen MR) is 95.0 cm³/mol. The fraction of sp³-hybridized carbons (Fsp3) is 0.211. The van der Waals surface area contributed by atoms with Crippen molar-refractivity contribution in [2.45, 2.75) is 0 Å². The van der Waals surface area contributed by atoms with Crippen LogP contribution in [0.25, 0.3) is 0 Å². The van der Waals surface area contributed by atoms with Gasteiger partial charge in [0.2, 0.25) is 0 Å². The minimum absolute atomic E-state index is 0.500. The summed E-state index contributed by atoms with van der Waals surface area (Å²) in [7, 11) is 0. The normalized spacial score (nSPS) is 13.9. The summed E-state index contributed by atoms with van der Waals surface area (Å²) in [6.45, 7) is 2.41. The van der Waals surface area contributed by atoms with Crippen molar-refractivity contribution < 1.29 is 9.59 Å². The lowest BCUT2D eigenvalue weighted by Crippen LogP contribution is -2.51. The van der Waals surface area contributed by atoms with Crippen LogP contribution in [0.15, 0.2) is 54.6 Å². The Balaban J connectivity index is 1.55. The molecule has 0 spiro atoms. The van der Waals surface area contributed by atoms with E-state index in [0.717, 1.165) is 5.69 Å². The van der Waals surface area contributed by atoms with Gasteiger partial charge in [0.05, 0.1) is 11.6 Å². The summed E-state index contributed by atoms with van der Waals surface area (Å²) in [6, 6.07) is 18.4. The summed E-state index contributed by atoms with van der Waals surface area (Å²) in [5.74, 6) is -1.19. The Hall–Kier alpha value is -3.33. The van der Waals surface area contributed by atoms with E-state index < -0.39 is 11.8 Å². The van der Waals surface area contributed by atoms with E-state index in [-0.39, 0.29) is 0 Å². The number of benzene rings is 2. The van der Waals surface area contributed by atoms with E-state index in [2.05, 4.69) is 10.2 Å². The highest BCUT2D eigenvalue weighted by atomic mass is 16.2. The molecule has 2 amide bonds. The first-order valence-electron chi connectivity index (χ1n) is 8.08. The highest BCUT2D eigenvalue weighted by Crippen LogP contribution is 2.16. The lowest BCUT2D eigenvalue weighted by atomic mass is 10.2. The van der Waals surface area contributed by atoms with Crippen molar-refractivity contribution in [3.05, 3.63) is 60.2 Å². The first kappa shape index (κ1) is 16.5. The molecule has 0 aliphatic carbocycles. The average molecular weight is 334 g/mol. The number of nitrogens with zero attached hydrogens (tertiary/aromatic N) is 3. The van der Waals surface area contributed by atoms with Gasteiger partial charge in [-0.2, -0.15) is 5.26 Å². The van der Waals surface area contributed by atoms with E-state index in [1.807, 2.05) is 36.4 Å². The van der Waals surface area contributed by atoms with Crippen LogP contribution in [-0.2, 0) is 9.59 Å². The number of para-hydroxylation sites is 1. The molecule has 0 radical (unpaired) electrons.